The van der Waals surface area contributed by atoms with Crippen LogP contribution in [-0.2, 0) is 0 Å². The first-order valence-electron chi connectivity index (χ1n) is 18.8. The Bertz CT molecular complexity index is 3130. The largest absolute Gasteiger partial charge is 0.456 e. The zero-order valence-corrected chi connectivity index (χ0v) is 26.5. The highest BCUT2D eigenvalue weighted by atomic mass is 16.3. The number of furan rings is 1. The van der Waals surface area contributed by atoms with Crippen LogP contribution >= 0.6 is 0 Å². The molecule has 0 N–H and O–H groups in total. The van der Waals surface area contributed by atoms with E-state index >= 15 is 0 Å². The van der Waals surface area contributed by atoms with Crippen molar-refractivity contribution in [2.45, 2.75) is 0 Å². The van der Waals surface area contributed by atoms with Crippen molar-refractivity contribution in [3.8, 4) is 51.0 Å². The number of fused-ring (bicyclic) bond motifs is 6. The predicted molar refractivity (Wildman–Crippen MR) is 203 cm³/mol. The third-order valence-corrected chi connectivity index (χ3v) is 9.16. The van der Waals surface area contributed by atoms with Gasteiger partial charge in [0.2, 0.25) is 5.95 Å². The van der Waals surface area contributed by atoms with Crippen molar-refractivity contribution in [3.05, 3.63) is 170 Å². The van der Waals surface area contributed by atoms with E-state index in [1.807, 2.05) is 108 Å². The van der Waals surface area contributed by atoms with E-state index in [0.717, 1.165) is 54.9 Å². The zero-order chi connectivity index (χ0) is 37.4. The van der Waals surface area contributed by atoms with Crippen molar-refractivity contribution in [3.63, 3.8) is 0 Å². The van der Waals surface area contributed by atoms with Gasteiger partial charge in [-0.3, -0.25) is 4.57 Å². The Morgan fingerprint density at radius 2 is 1.08 bits per heavy atom. The lowest BCUT2D eigenvalue weighted by Crippen LogP contribution is -2.06. The summed E-state index contributed by atoms with van der Waals surface area (Å²) >= 11 is 0. The highest BCUT2D eigenvalue weighted by Gasteiger charge is 2.20. The molecule has 234 valence electrons. The fraction of sp³-hybridized carbons (Fsp3) is 0. The van der Waals surface area contributed by atoms with Crippen molar-refractivity contribution < 1.29 is 11.3 Å². The number of para-hydroxylation sites is 1. The Hall–Kier alpha value is -6.85. The van der Waals surface area contributed by atoms with Crippen LogP contribution < -0.4 is 0 Å². The minimum atomic E-state index is -0.433. The Labute approximate surface area is 294 Å². The van der Waals surface area contributed by atoms with Gasteiger partial charge in [0.05, 0.1) is 17.9 Å². The molecular weight excluding hydrogens is 613 g/mol. The summed E-state index contributed by atoms with van der Waals surface area (Å²) in [6.45, 7) is 0. The second-order valence-electron chi connectivity index (χ2n) is 12.1. The number of benzene rings is 7. The second kappa shape index (κ2) is 11.4. The van der Waals surface area contributed by atoms with Crippen LogP contribution in [0.5, 0.6) is 0 Å². The molecule has 0 saturated carbocycles. The normalized spacial score (nSPS) is 13.0. The molecule has 0 bridgehead atoms. The maximum absolute atomic E-state index is 8.80. The first-order valence-corrected chi connectivity index (χ1v) is 16.3. The van der Waals surface area contributed by atoms with Crippen LogP contribution in [0.1, 0.15) is 6.85 Å². The standard InChI is InChI=1S/C45H28N4O/c1-4-13-29(14-5-1)32-23-25-35-36-26-24-33(28-41(36)50-40(35)27-32)44-46-43(31-17-8-3-9-18-31)47-45(48-44)49-38-21-11-10-19-37(38)42-34(20-12-22-39(42)49)30-15-6-2-7-16-30/h1-28H/i2D,6D,7D,15D,16D. The summed E-state index contributed by atoms with van der Waals surface area (Å²) < 4.78 is 51.0. The minimum absolute atomic E-state index is 0.135. The molecule has 0 radical (unpaired) electrons. The lowest BCUT2D eigenvalue weighted by molar-refractivity contribution is 0.669. The second-order valence-corrected chi connectivity index (χ2v) is 12.1. The first kappa shape index (κ1) is 23.5. The molecule has 0 atom stereocenters. The molecule has 0 unspecified atom stereocenters. The quantitative estimate of drug-likeness (QED) is 0.187. The van der Waals surface area contributed by atoms with E-state index in [2.05, 4.69) is 30.3 Å². The molecule has 0 aliphatic carbocycles. The summed E-state index contributed by atoms with van der Waals surface area (Å²) in [5.74, 6) is 1.29. The fourth-order valence-corrected chi connectivity index (χ4v) is 6.86. The molecule has 0 amide bonds. The molecule has 0 fully saturated rings. The van der Waals surface area contributed by atoms with Gasteiger partial charge in [0.15, 0.2) is 11.6 Å². The summed E-state index contributed by atoms with van der Waals surface area (Å²) in [7, 11) is 0. The van der Waals surface area contributed by atoms with E-state index in [1.165, 1.54) is 0 Å². The van der Waals surface area contributed by atoms with Gasteiger partial charge in [-0.05, 0) is 58.7 Å². The lowest BCUT2D eigenvalue weighted by atomic mass is 9.99. The summed E-state index contributed by atoms with van der Waals surface area (Å²) in [4.78, 5) is 15.1. The summed E-state index contributed by atoms with van der Waals surface area (Å²) in [6, 6.07) is 43.8. The molecule has 3 heterocycles. The third kappa shape index (κ3) is 4.60. The summed E-state index contributed by atoms with van der Waals surface area (Å²) in [6.07, 6.45) is 0. The Kier molecular flexibility index (Phi) is 5.35. The zero-order valence-electron chi connectivity index (χ0n) is 31.5. The van der Waals surface area contributed by atoms with Gasteiger partial charge in [-0.2, -0.15) is 9.97 Å². The maximum atomic E-state index is 8.80. The van der Waals surface area contributed by atoms with Gasteiger partial charge < -0.3 is 4.42 Å². The van der Waals surface area contributed by atoms with Crippen molar-refractivity contribution >= 4 is 43.7 Å². The Morgan fingerprint density at radius 3 is 1.84 bits per heavy atom. The van der Waals surface area contributed by atoms with Crippen LogP contribution in [0.4, 0.5) is 0 Å². The van der Waals surface area contributed by atoms with Gasteiger partial charge in [-0.15, -0.1) is 0 Å². The maximum Gasteiger partial charge on any atom is 0.238 e. The van der Waals surface area contributed by atoms with E-state index in [-0.39, 0.29) is 29.7 Å². The monoisotopic (exact) mass is 645 g/mol. The van der Waals surface area contributed by atoms with Crippen LogP contribution in [0, 0.1) is 0 Å². The van der Waals surface area contributed by atoms with Crippen molar-refractivity contribution in [1.29, 1.82) is 0 Å². The molecule has 0 aliphatic rings. The average Bonchev–Trinajstić information content (AvgIpc) is 3.78. The predicted octanol–water partition coefficient (Wildman–Crippen LogP) is 11.5. The molecule has 5 nitrogen and oxygen atoms in total. The van der Waals surface area contributed by atoms with Gasteiger partial charge in [0.25, 0.3) is 0 Å². The number of rotatable bonds is 5. The topological polar surface area (TPSA) is 56.7 Å². The van der Waals surface area contributed by atoms with E-state index in [1.54, 1.807) is 6.07 Å². The molecule has 5 heteroatoms. The molecule has 3 aromatic heterocycles. The fourth-order valence-electron chi connectivity index (χ4n) is 6.86. The number of aromatic nitrogens is 4. The van der Waals surface area contributed by atoms with Gasteiger partial charge in [0.1, 0.15) is 11.2 Å². The van der Waals surface area contributed by atoms with Gasteiger partial charge in [0, 0.05) is 32.7 Å². The van der Waals surface area contributed by atoms with E-state index in [0.29, 0.717) is 34.3 Å². The van der Waals surface area contributed by atoms with Crippen molar-refractivity contribution in [2.24, 2.45) is 0 Å². The van der Waals surface area contributed by atoms with Crippen LogP contribution in [0.15, 0.2) is 174 Å². The van der Waals surface area contributed by atoms with E-state index in [4.69, 9.17) is 26.2 Å². The molecule has 7 aromatic carbocycles. The molecule has 10 aromatic rings. The van der Waals surface area contributed by atoms with E-state index in [9.17, 15) is 0 Å². The van der Waals surface area contributed by atoms with Gasteiger partial charge >= 0.3 is 0 Å². The van der Waals surface area contributed by atoms with Crippen LogP contribution in [0.2, 0.25) is 0 Å². The number of hydrogen-bond donors (Lipinski definition) is 0. The van der Waals surface area contributed by atoms with Crippen LogP contribution in [0.25, 0.3) is 94.7 Å². The summed E-state index contributed by atoms with van der Waals surface area (Å²) in [5.41, 5.74) is 7.39. The van der Waals surface area contributed by atoms with Gasteiger partial charge in [-0.25, -0.2) is 4.98 Å². The van der Waals surface area contributed by atoms with E-state index < -0.39 is 6.04 Å². The molecule has 10 rings (SSSR count). The Balaban J connectivity index is 1.20. The highest BCUT2D eigenvalue weighted by molar-refractivity contribution is 6.15. The molecule has 0 aliphatic heterocycles. The smallest absolute Gasteiger partial charge is 0.238 e. The van der Waals surface area contributed by atoms with Gasteiger partial charge in [-0.1, -0.05) is 133 Å². The van der Waals surface area contributed by atoms with Crippen molar-refractivity contribution in [1.82, 2.24) is 19.5 Å². The number of nitrogens with zero attached hydrogens (tertiary/aromatic N) is 4. The lowest BCUT2D eigenvalue weighted by Gasteiger charge is -2.11. The summed E-state index contributed by atoms with van der Waals surface area (Å²) in [5, 5.41) is 3.54. The van der Waals surface area contributed by atoms with Crippen LogP contribution in [-0.4, -0.2) is 19.5 Å². The molecular formula is C45H28N4O. The minimum Gasteiger partial charge on any atom is -0.456 e. The van der Waals surface area contributed by atoms with Crippen LogP contribution in [0.3, 0.4) is 0 Å². The molecule has 0 saturated heterocycles. The average molecular weight is 646 g/mol. The molecule has 0 spiro atoms. The SMILES string of the molecule is [2H]c1c([2H])c([2H])c(-c2cccc3c2c2ccccc2n3-c2nc(-c3ccccc3)nc(-c3ccc4c(c3)oc3cc(-c5ccccc5)ccc34)n2)c([2H])c1[2H]. The van der Waals surface area contributed by atoms with Crippen molar-refractivity contribution in [2.75, 3.05) is 0 Å². The molecule has 50 heavy (non-hydrogen) atoms. The third-order valence-electron chi connectivity index (χ3n) is 9.16. The highest BCUT2D eigenvalue weighted by Crippen LogP contribution is 2.39. The Morgan fingerprint density at radius 1 is 0.460 bits per heavy atom. The number of hydrogen-bond acceptors (Lipinski definition) is 4. The first-order chi connectivity index (χ1) is 26.9.